The fourth-order valence-corrected chi connectivity index (χ4v) is 3.67. The summed E-state index contributed by atoms with van der Waals surface area (Å²) in [5, 5.41) is 1.40. The summed E-state index contributed by atoms with van der Waals surface area (Å²) in [7, 11) is 0. The summed E-state index contributed by atoms with van der Waals surface area (Å²) in [5.41, 5.74) is 1.03. The Labute approximate surface area is 143 Å². The van der Waals surface area contributed by atoms with Crippen molar-refractivity contribution in [3.63, 3.8) is 0 Å². The van der Waals surface area contributed by atoms with Gasteiger partial charge >= 0.3 is 0 Å². The number of rotatable bonds is 4. The van der Waals surface area contributed by atoms with E-state index in [1.54, 1.807) is 28.0 Å². The van der Waals surface area contributed by atoms with Crippen molar-refractivity contribution in [1.29, 1.82) is 0 Å². The first-order valence-electron chi connectivity index (χ1n) is 7.33. The molecular formula is C17H17ClN2O2S. The van der Waals surface area contributed by atoms with Gasteiger partial charge in [-0.1, -0.05) is 11.6 Å². The van der Waals surface area contributed by atoms with Gasteiger partial charge in [0.25, 0.3) is 5.56 Å². The quantitative estimate of drug-likeness (QED) is 0.712. The van der Waals surface area contributed by atoms with Crippen molar-refractivity contribution >= 4 is 33.2 Å². The normalized spacial score (nSPS) is 11.1. The average molecular weight is 349 g/mol. The number of benzene rings is 1. The number of halogens is 1. The molecule has 2 aromatic heterocycles. The molecule has 0 aliphatic rings. The number of hydrogen-bond donors (Lipinski definition) is 0. The van der Waals surface area contributed by atoms with Gasteiger partial charge in [0, 0.05) is 9.90 Å². The molecular weight excluding hydrogens is 332 g/mol. The average Bonchev–Trinajstić information content (AvgIpc) is 2.79. The van der Waals surface area contributed by atoms with Gasteiger partial charge in [-0.05, 0) is 50.6 Å². The van der Waals surface area contributed by atoms with Gasteiger partial charge in [0.15, 0.2) is 0 Å². The van der Waals surface area contributed by atoms with Gasteiger partial charge in [0.2, 0.25) is 0 Å². The molecule has 0 saturated carbocycles. The highest BCUT2D eigenvalue weighted by Gasteiger charge is 2.14. The van der Waals surface area contributed by atoms with Crippen LogP contribution in [0.25, 0.3) is 10.2 Å². The second-order valence-corrected chi connectivity index (χ2v) is 7.02. The van der Waals surface area contributed by atoms with Gasteiger partial charge < -0.3 is 4.74 Å². The molecule has 1 aromatic carbocycles. The van der Waals surface area contributed by atoms with Gasteiger partial charge in [-0.2, -0.15) is 0 Å². The van der Waals surface area contributed by atoms with Crippen LogP contribution in [0.5, 0.6) is 5.75 Å². The summed E-state index contributed by atoms with van der Waals surface area (Å²) in [6, 6.07) is 7.18. The zero-order valence-electron chi connectivity index (χ0n) is 13.2. The van der Waals surface area contributed by atoms with E-state index in [0.717, 1.165) is 26.4 Å². The Morgan fingerprint density at radius 3 is 2.61 bits per heavy atom. The van der Waals surface area contributed by atoms with Crippen LogP contribution in [0.3, 0.4) is 0 Å². The van der Waals surface area contributed by atoms with Crippen molar-refractivity contribution in [2.75, 3.05) is 6.61 Å². The van der Waals surface area contributed by atoms with Crippen molar-refractivity contribution in [2.45, 2.75) is 27.3 Å². The number of hydrogen-bond acceptors (Lipinski definition) is 4. The molecule has 3 rings (SSSR count). The molecule has 0 amide bonds. The maximum absolute atomic E-state index is 12.7. The highest BCUT2D eigenvalue weighted by Crippen LogP contribution is 2.26. The Kier molecular flexibility index (Phi) is 4.41. The van der Waals surface area contributed by atoms with Crippen molar-refractivity contribution in [3.05, 3.63) is 55.9 Å². The fourth-order valence-electron chi connectivity index (χ4n) is 2.48. The van der Waals surface area contributed by atoms with Crippen molar-refractivity contribution in [2.24, 2.45) is 0 Å². The summed E-state index contributed by atoms with van der Waals surface area (Å²) in [6.07, 6.45) is 0. The van der Waals surface area contributed by atoms with Crippen LogP contribution in [0.4, 0.5) is 0 Å². The van der Waals surface area contributed by atoms with Crippen LogP contribution in [0.2, 0.25) is 5.02 Å². The highest BCUT2D eigenvalue weighted by molar-refractivity contribution is 7.18. The zero-order chi connectivity index (χ0) is 16.6. The molecule has 3 aromatic rings. The molecule has 0 unspecified atom stereocenters. The monoisotopic (exact) mass is 348 g/mol. The predicted molar refractivity (Wildman–Crippen MR) is 95.0 cm³/mol. The van der Waals surface area contributed by atoms with E-state index in [2.05, 4.69) is 4.98 Å². The third-order valence-electron chi connectivity index (χ3n) is 3.88. The minimum Gasteiger partial charge on any atom is -0.492 e. The molecule has 0 aliphatic heterocycles. The van der Waals surface area contributed by atoms with Crippen molar-refractivity contribution < 1.29 is 4.74 Å². The molecule has 6 heteroatoms. The Morgan fingerprint density at radius 2 is 1.91 bits per heavy atom. The number of aryl methyl sites for hydroxylation is 3. The number of nitrogens with zero attached hydrogens (tertiary/aromatic N) is 2. The third-order valence-corrected chi connectivity index (χ3v) is 5.23. The lowest BCUT2D eigenvalue weighted by atomic mass is 10.2. The van der Waals surface area contributed by atoms with E-state index in [1.807, 2.05) is 32.9 Å². The van der Waals surface area contributed by atoms with Gasteiger partial charge in [0.1, 0.15) is 23.0 Å². The molecule has 120 valence electrons. The first kappa shape index (κ1) is 16.0. The summed E-state index contributed by atoms with van der Waals surface area (Å²) in [5.74, 6) is 1.44. The summed E-state index contributed by atoms with van der Waals surface area (Å²) >= 11 is 7.42. The maximum Gasteiger partial charge on any atom is 0.262 e. The van der Waals surface area contributed by atoms with E-state index in [0.29, 0.717) is 24.0 Å². The van der Waals surface area contributed by atoms with Crippen LogP contribution in [0, 0.1) is 20.8 Å². The SMILES string of the molecule is Cc1sc2nc(C)n(CCOc3ccc(Cl)cc3)c(=O)c2c1C. The van der Waals surface area contributed by atoms with Crippen molar-refractivity contribution in [3.8, 4) is 5.75 Å². The number of thiophene rings is 1. The van der Waals surface area contributed by atoms with Gasteiger partial charge in [-0.15, -0.1) is 11.3 Å². The lowest BCUT2D eigenvalue weighted by molar-refractivity contribution is 0.294. The maximum atomic E-state index is 12.7. The topological polar surface area (TPSA) is 44.1 Å². The van der Waals surface area contributed by atoms with Crippen LogP contribution < -0.4 is 10.3 Å². The van der Waals surface area contributed by atoms with Gasteiger partial charge in [-0.3, -0.25) is 9.36 Å². The molecule has 2 heterocycles. The Morgan fingerprint density at radius 1 is 1.22 bits per heavy atom. The minimum atomic E-state index is 0.00839. The van der Waals surface area contributed by atoms with E-state index >= 15 is 0 Å². The van der Waals surface area contributed by atoms with Crippen LogP contribution in [-0.4, -0.2) is 16.2 Å². The summed E-state index contributed by atoms with van der Waals surface area (Å²) < 4.78 is 7.36. The number of aromatic nitrogens is 2. The third kappa shape index (κ3) is 3.12. The van der Waals surface area contributed by atoms with Crippen LogP contribution >= 0.6 is 22.9 Å². The Balaban J connectivity index is 1.84. The van der Waals surface area contributed by atoms with E-state index in [-0.39, 0.29) is 5.56 Å². The van der Waals surface area contributed by atoms with Gasteiger partial charge in [0.05, 0.1) is 11.9 Å². The molecule has 0 spiro atoms. The number of fused-ring (bicyclic) bond motifs is 1. The molecule has 0 atom stereocenters. The van der Waals surface area contributed by atoms with E-state index in [4.69, 9.17) is 16.3 Å². The molecule has 0 N–H and O–H groups in total. The van der Waals surface area contributed by atoms with Crippen molar-refractivity contribution in [1.82, 2.24) is 9.55 Å². The molecule has 23 heavy (non-hydrogen) atoms. The summed E-state index contributed by atoms with van der Waals surface area (Å²) in [6.45, 7) is 6.71. The molecule has 4 nitrogen and oxygen atoms in total. The first-order valence-corrected chi connectivity index (χ1v) is 8.52. The van der Waals surface area contributed by atoms with Crippen LogP contribution in [0.15, 0.2) is 29.1 Å². The molecule has 0 aliphatic carbocycles. The van der Waals surface area contributed by atoms with Crippen LogP contribution in [-0.2, 0) is 6.54 Å². The van der Waals surface area contributed by atoms with E-state index < -0.39 is 0 Å². The molecule has 0 fully saturated rings. The van der Waals surface area contributed by atoms with Crippen LogP contribution in [0.1, 0.15) is 16.3 Å². The summed E-state index contributed by atoms with van der Waals surface area (Å²) in [4.78, 5) is 19.2. The standard InChI is InChI=1S/C17H17ClN2O2S/c1-10-11(2)23-16-15(10)17(21)20(12(3)19-16)8-9-22-14-6-4-13(18)5-7-14/h4-7H,8-9H2,1-3H3. The Hall–Kier alpha value is -1.85. The second-order valence-electron chi connectivity index (χ2n) is 5.38. The lowest BCUT2D eigenvalue weighted by Crippen LogP contribution is -2.26. The van der Waals surface area contributed by atoms with E-state index in [1.165, 1.54) is 0 Å². The lowest BCUT2D eigenvalue weighted by Gasteiger charge is -2.11. The molecule has 0 radical (unpaired) electrons. The predicted octanol–water partition coefficient (Wildman–Crippen LogP) is 4.12. The largest absolute Gasteiger partial charge is 0.492 e. The Bertz CT molecular complexity index is 913. The van der Waals surface area contributed by atoms with E-state index in [9.17, 15) is 4.79 Å². The zero-order valence-corrected chi connectivity index (χ0v) is 14.8. The molecule has 0 saturated heterocycles. The second kappa shape index (κ2) is 6.34. The minimum absolute atomic E-state index is 0.00839. The number of ether oxygens (including phenoxy) is 1. The molecule has 0 bridgehead atoms. The first-order chi connectivity index (χ1) is 11.0. The highest BCUT2D eigenvalue weighted by atomic mass is 35.5. The fraction of sp³-hybridized carbons (Fsp3) is 0.294. The van der Waals surface area contributed by atoms with Gasteiger partial charge in [-0.25, -0.2) is 4.98 Å². The smallest absolute Gasteiger partial charge is 0.262 e.